The predicted octanol–water partition coefficient (Wildman–Crippen LogP) is 4.22. The van der Waals surface area contributed by atoms with Crippen LogP contribution in [-0.4, -0.2) is 52.8 Å². The maximum atomic E-state index is 14.4. The van der Waals surface area contributed by atoms with Crippen molar-refractivity contribution >= 4 is 58.6 Å². The maximum Gasteiger partial charge on any atom is 0.253 e. The van der Waals surface area contributed by atoms with E-state index in [4.69, 9.17) is 15.2 Å². The second-order valence-electron chi connectivity index (χ2n) is 8.72. The van der Waals surface area contributed by atoms with Gasteiger partial charge in [0.1, 0.15) is 23.2 Å². The van der Waals surface area contributed by atoms with E-state index in [1.54, 1.807) is 19.4 Å². The molecule has 38 heavy (non-hydrogen) atoms. The third kappa shape index (κ3) is 4.89. The zero-order valence-corrected chi connectivity index (χ0v) is 21.4. The van der Waals surface area contributed by atoms with Gasteiger partial charge in [-0.2, -0.15) is 9.97 Å². The van der Waals surface area contributed by atoms with E-state index in [1.165, 1.54) is 3.97 Å². The van der Waals surface area contributed by atoms with E-state index in [0.29, 0.717) is 41.8 Å². The summed E-state index contributed by atoms with van der Waals surface area (Å²) in [4.78, 5) is 23.2. The third-order valence-electron chi connectivity index (χ3n) is 6.21. The van der Waals surface area contributed by atoms with Gasteiger partial charge >= 0.3 is 0 Å². The number of benzene rings is 2. The van der Waals surface area contributed by atoms with Crippen LogP contribution in [0.5, 0.6) is 5.75 Å². The highest BCUT2D eigenvalue weighted by molar-refractivity contribution is 7.78. The zero-order chi connectivity index (χ0) is 27.0. The molecule has 0 bridgehead atoms. The van der Waals surface area contributed by atoms with Crippen LogP contribution >= 0.6 is 12.8 Å². The molecule has 13 heteroatoms. The number of halogens is 2. The van der Waals surface area contributed by atoms with Gasteiger partial charge in [0.25, 0.3) is 5.91 Å². The number of primary amides is 1. The Kier molecular flexibility index (Phi) is 6.95. The Morgan fingerprint density at radius 1 is 1.18 bits per heavy atom. The largest absolute Gasteiger partial charge is 0.494 e. The molecule has 0 radical (unpaired) electrons. The minimum absolute atomic E-state index is 0.150. The van der Waals surface area contributed by atoms with Gasteiger partial charge in [0.2, 0.25) is 5.95 Å². The Morgan fingerprint density at radius 2 is 2.00 bits per heavy atom. The minimum Gasteiger partial charge on any atom is -0.494 e. The summed E-state index contributed by atoms with van der Waals surface area (Å²) < 4.78 is 41.0. The Labute approximate surface area is 222 Å². The van der Waals surface area contributed by atoms with E-state index in [9.17, 15) is 13.6 Å². The normalized spacial score (nSPS) is 15.5. The van der Waals surface area contributed by atoms with Gasteiger partial charge in [-0.25, -0.2) is 8.78 Å². The Bertz CT molecular complexity index is 1530. The highest BCUT2D eigenvalue weighted by Gasteiger charge is 2.22. The summed E-state index contributed by atoms with van der Waals surface area (Å²) in [6.07, 6.45) is 1.64. The average molecular weight is 542 g/mol. The van der Waals surface area contributed by atoms with Crippen LogP contribution in [0.3, 0.4) is 0 Å². The van der Waals surface area contributed by atoms with Crippen LogP contribution in [0, 0.1) is 11.6 Å². The lowest BCUT2D eigenvalue weighted by Gasteiger charge is -2.35. The summed E-state index contributed by atoms with van der Waals surface area (Å²) in [6, 6.07) is 9.17. The number of carbonyl (C=O) groups excluding carboxylic acids is 1. The average Bonchev–Trinajstić information content (AvgIpc) is 3.25. The number of rotatable bonds is 7. The fourth-order valence-corrected chi connectivity index (χ4v) is 4.61. The molecule has 1 aliphatic rings. The molecule has 1 amide bonds. The second kappa shape index (κ2) is 10.3. The van der Waals surface area contributed by atoms with Crippen LogP contribution in [0.2, 0.25) is 0 Å². The summed E-state index contributed by atoms with van der Waals surface area (Å²) >= 11 is 4.39. The van der Waals surface area contributed by atoms with Gasteiger partial charge in [-0.15, -0.1) is 0 Å². The number of methoxy groups -OCH3 is 1. The fourth-order valence-electron chi connectivity index (χ4n) is 4.40. The molecule has 1 fully saturated rings. The fraction of sp³-hybridized carbons (Fsp3) is 0.240. The van der Waals surface area contributed by atoms with Crippen molar-refractivity contribution in [2.45, 2.75) is 13.0 Å². The van der Waals surface area contributed by atoms with Crippen molar-refractivity contribution in [2.24, 2.45) is 5.73 Å². The van der Waals surface area contributed by atoms with Crippen LogP contribution in [0.1, 0.15) is 17.3 Å². The van der Waals surface area contributed by atoms with Crippen molar-refractivity contribution in [2.75, 3.05) is 42.4 Å². The van der Waals surface area contributed by atoms with Crippen molar-refractivity contribution in [3.8, 4) is 5.75 Å². The number of thiol groups is 1. The zero-order valence-electron chi connectivity index (χ0n) is 20.5. The number of fused-ring (bicyclic) bond motifs is 1. The number of anilines is 5. The number of nitrogens with two attached hydrogens (primary N) is 1. The first-order valence-corrected chi connectivity index (χ1v) is 12.1. The Morgan fingerprint density at radius 3 is 2.74 bits per heavy atom. The van der Waals surface area contributed by atoms with Crippen LogP contribution in [0.4, 0.5) is 37.6 Å². The van der Waals surface area contributed by atoms with Crippen molar-refractivity contribution in [1.82, 2.24) is 13.9 Å². The molecular formula is C25H25F2N7O3S. The lowest BCUT2D eigenvalue weighted by atomic mass is 10.1. The van der Waals surface area contributed by atoms with Crippen molar-refractivity contribution in [1.29, 1.82) is 0 Å². The van der Waals surface area contributed by atoms with Gasteiger partial charge < -0.3 is 30.7 Å². The smallest absolute Gasteiger partial charge is 0.253 e. The first-order valence-electron chi connectivity index (χ1n) is 11.7. The van der Waals surface area contributed by atoms with Gasteiger partial charge in [-0.3, -0.25) is 8.77 Å². The molecule has 3 heterocycles. The molecule has 0 spiro atoms. The van der Waals surface area contributed by atoms with Gasteiger partial charge in [-0.05, 0) is 31.2 Å². The van der Waals surface area contributed by atoms with E-state index >= 15 is 0 Å². The highest BCUT2D eigenvalue weighted by Crippen LogP contribution is 2.35. The number of hydrogen-bond donors (Lipinski definition) is 4. The van der Waals surface area contributed by atoms with Crippen molar-refractivity contribution in [3.63, 3.8) is 0 Å². The molecule has 1 atom stereocenters. The highest BCUT2D eigenvalue weighted by atomic mass is 32.1. The Balaban J connectivity index is 1.52. The number of nitrogens with one attached hydrogen (secondary N) is 2. The minimum atomic E-state index is -1.09. The van der Waals surface area contributed by atoms with Crippen LogP contribution in [0.15, 0.2) is 42.6 Å². The number of ether oxygens (including phenoxy) is 2. The molecule has 1 saturated heterocycles. The quantitative estimate of drug-likeness (QED) is 0.257. The number of carbonyl (C=O) groups is 1. The SMILES string of the molecule is COc1cc(N2CCOC[C@@H]2C)ccc1Nc1nc(Nc2cc(F)cc(F)c2C(N)=O)c2ccn(S)c2n1. The molecular weight excluding hydrogens is 516 g/mol. The molecule has 198 valence electrons. The van der Waals surface area contributed by atoms with Gasteiger partial charge in [0.15, 0.2) is 5.65 Å². The summed E-state index contributed by atoms with van der Waals surface area (Å²) in [6.45, 7) is 4.14. The molecule has 0 saturated carbocycles. The van der Waals surface area contributed by atoms with E-state index in [2.05, 4.69) is 45.2 Å². The summed E-state index contributed by atoms with van der Waals surface area (Å²) in [5.41, 5.74) is 6.67. The number of amides is 1. The number of nitrogens with zero attached hydrogens (tertiary/aromatic N) is 4. The predicted molar refractivity (Wildman–Crippen MR) is 144 cm³/mol. The van der Waals surface area contributed by atoms with Gasteiger partial charge in [-0.1, -0.05) is 12.8 Å². The topological polar surface area (TPSA) is 120 Å². The van der Waals surface area contributed by atoms with E-state index in [0.717, 1.165) is 18.3 Å². The van der Waals surface area contributed by atoms with Crippen LogP contribution in [-0.2, 0) is 4.74 Å². The van der Waals surface area contributed by atoms with E-state index in [1.807, 2.05) is 18.2 Å². The van der Waals surface area contributed by atoms with Gasteiger partial charge in [0.05, 0.1) is 42.6 Å². The lowest BCUT2D eigenvalue weighted by Crippen LogP contribution is -2.43. The third-order valence-corrected chi connectivity index (χ3v) is 6.53. The van der Waals surface area contributed by atoms with Crippen LogP contribution < -0.4 is 26.0 Å². The molecule has 2 aromatic heterocycles. The van der Waals surface area contributed by atoms with Gasteiger partial charge in [0, 0.05) is 36.6 Å². The first-order chi connectivity index (χ1) is 18.2. The number of hydrogen-bond acceptors (Lipinski definition) is 9. The molecule has 0 aliphatic carbocycles. The van der Waals surface area contributed by atoms with E-state index in [-0.39, 0.29) is 23.5 Å². The molecule has 0 unspecified atom stereocenters. The standard InChI is InChI=1S/C25H25F2N7O3S/c1-13-12-37-8-7-33(13)15-3-4-18(20(11-15)36-2)30-25-31-23(16-5-6-34(38)24(16)32-25)29-19-10-14(26)9-17(27)21(19)22(28)35/h3-6,9-11,13,38H,7-8,12H2,1-2H3,(H2,28,35)(H2,29,30,31,32)/t13-/m0/s1. The second-order valence-corrected chi connectivity index (χ2v) is 9.15. The summed E-state index contributed by atoms with van der Waals surface area (Å²) in [5, 5.41) is 6.47. The lowest BCUT2D eigenvalue weighted by molar-refractivity contribution is 0.0989. The first kappa shape index (κ1) is 25.5. The summed E-state index contributed by atoms with van der Waals surface area (Å²) in [7, 11) is 1.56. The molecule has 2 aromatic carbocycles. The molecule has 4 aromatic rings. The summed E-state index contributed by atoms with van der Waals surface area (Å²) in [5.74, 6) is -2.14. The number of aromatic nitrogens is 3. The monoisotopic (exact) mass is 541 g/mol. The van der Waals surface area contributed by atoms with Crippen LogP contribution in [0.25, 0.3) is 11.0 Å². The maximum absolute atomic E-state index is 14.4. The van der Waals surface area contributed by atoms with E-state index < -0.39 is 23.1 Å². The van der Waals surface area contributed by atoms with Crippen molar-refractivity contribution in [3.05, 3.63) is 59.8 Å². The molecule has 10 nitrogen and oxygen atoms in total. The molecule has 1 aliphatic heterocycles. The molecule has 4 N–H and O–H groups in total. The molecule has 5 rings (SSSR count). The van der Waals surface area contributed by atoms with Crippen molar-refractivity contribution < 1.29 is 23.0 Å². The Hall–Kier alpha value is -4.10. The number of morpholine rings is 1.